The summed E-state index contributed by atoms with van der Waals surface area (Å²) >= 11 is 6.21. The summed E-state index contributed by atoms with van der Waals surface area (Å²) in [6.07, 6.45) is 5.46. The van der Waals surface area contributed by atoms with Crippen molar-refractivity contribution in [2.45, 2.75) is 45.6 Å². The molecule has 2 rings (SSSR count). The minimum Gasteiger partial charge on any atom is -0.310 e. The molecule has 0 radical (unpaired) electrons. The summed E-state index contributed by atoms with van der Waals surface area (Å²) in [6, 6.07) is 6.72. The van der Waals surface area contributed by atoms with Crippen LogP contribution in [-0.2, 0) is 0 Å². The largest absolute Gasteiger partial charge is 0.310 e. The molecule has 1 N–H and O–H groups in total. The van der Waals surface area contributed by atoms with Crippen molar-refractivity contribution >= 4 is 11.6 Å². The normalized spacial score (nSPS) is 17.1. The highest BCUT2D eigenvalue weighted by molar-refractivity contribution is 6.31. The SMILES string of the molecule is CCNC(CCC1CC1)c1cccc(Cl)c1C. The van der Waals surface area contributed by atoms with Crippen LogP contribution in [0.2, 0.25) is 5.02 Å². The molecule has 1 aromatic carbocycles. The predicted octanol–water partition coefficient (Wildman–Crippen LogP) is 4.49. The molecule has 0 heterocycles. The Bertz CT molecular complexity index is 371. The lowest BCUT2D eigenvalue weighted by Gasteiger charge is -2.21. The van der Waals surface area contributed by atoms with Crippen molar-refractivity contribution in [3.63, 3.8) is 0 Å². The van der Waals surface area contributed by atoms with Crippen molar-refractivity contribution in [1.29, 1.82) is 0 Å². The lowest BCUT2D eigenvalue weighted by Crippen LogP contribution is -2.21. The van der Waals surface area contributed by atoms with E-state index in [2.05, 4.69) is 31.3 Å². The molecule has 1 nitrogen and oxygen atoms in total. The molecule has 2 heteroatoms. The molecule has 0 spiro atoms. The van der Waals surface area contributed by atoms with E-state index in [0.29, 0.717) is 6.04 Å². The smallest absolute Gasteiger partial charge is 0.0438 e. The zero-order chi connectivity index (χ0) is 12.3. The third-order valence-corrected chi connectivity index (χ3v) is 4.11. The van der Waals surface area contributed by atoms with E-state index < -0.39 is 0 Å². The second-order valence-electron chi connectivity index (χ2n) is 5.09. The number of rotatable bonds is 6. The molecule has 1 aromatic rings. The Kier molecular flexibility index (Phi) is 4.47. The van der Waals surface area contributed by atoms with E-state index in [9.17, 15) is 0 Å². The van der Waals surface area contributed by atoms with Crippen LogP contribution in [0.5, 0.6) is 0 Å². The maximum absolute atomic E-state index is 6.21. The molecule has 1 fully saturated rings. The third-order valence-electron chi connectivity index (χ3n) is 3.70. The van der Waals surface area contributed by atoms with Gasteiger partial charge in [-0.1, -0.05) is 43.5 Å². The molecule has 94 valence electrons. The van der Waals surface area contributed by atoms with E-state index >= 15 is 0 Å². The molecule has 0 aromatic heterocycles. The van der Waals surface area contributed by atoms with Gasteiger partial charge in [0.2, 0.25) is 0 Å². The number of nitrogens with one attached hydrogen (secondary N) is 1. The zero-order valence-electron chi connectivity index (χ0n) is 10.8. The van der Waals surface area contributed by atoms with E-state index in [4.69, 9.17) is 11.6 Å². The molecule has 1 aliphatic rings. The Hall–Kier alpha value is -0.530. The fourth-order valence-electron chi connectivity index (χ4n) is 2.42. The molecular weight excluding hydrogens is 230 g/mol. The molecule has 17 heavy (non-hydrogen) atoms. The molecule has 1 aliphatic carbocycles. The summed E-state index contributed by atoms with van der Waals surface area (Å²) < 4.78 is 0. The fraction of sp³-hybridized carbons (Fsp3) is 0.600. The highest BCUT2D eigenvalue weighted by Gasteiger charge is 2.23. The first-order valence-corrected chi connectivity index (χ1v) is 7.08. The van der Waals surface area contributed by atoms with Crippen LogP contribution in [0.4, 0.5) is 0 Å². The molecular formula is C15H22ClN. The second kappa shape index (κ2) is 5.88. The number of benzene rings is 1. The van der Waals surface area contributed by atoms with Gasteiger partial charge in [0.25, 0.3) is 0 Å². The van der Waals surface area contributed by atoms with Gasteiger partial charge in [-0.15, -0.1) is 0 Å². The van der Waals surface area contributed by atoms with Gasteiger partial charge in [0, 0.05) is 11.1 Å². The van der Waals surface area contributed by atoms with Crippen LogP contribution in [0.15, 0.2) is 18.2 Å². The van der Waals surface area contributed by atoms with Gasteiger partial charge in [-0.3, -0.25) is 0 Å². The van der Waals surface area contributed by atoms with Gasteiger partial charge >= 0.3 is 0 Å². The zero-order valence-corrected chi connectivity index (χ0v) is 11.6. The van der Waals surface area contributed by atoms with Gasteiger partial charge in [0.15, 0.2) is 0 Å². The number of halogens is 1. The lowest BCUT2D eigenvalue weighted by atomic mass is 9.96. The molecule has 0 bridgehead atoms. The van der Waals surface area contributed by atoms with Crippen molar-refractivity contribution in [3.05, 3.63) is 34.3 Å². The molecule has 1 atom stereocenters. The summed E-state index contributed by atoms with van der Waals surface area (Å²) in [5.74, 6) is 0.996. The maximum atomic E-state index is 6.21. The van der Waals surface area contributed by atoms with Gasteiger partial charge in [0.1, 0.15) is 0 Å². The summed E-state index contributed by atoms with van der Waals surface area (Å²) in [7, 11) is 0. The van der Waals surface area contributed by atoms with Crippen molar-refractivity contribution in [1.82, 2.24) is 5.32 Å². The topological polar surface area (TPSA) is 12.0 Å². The molecule has 0 saturated heterocycles. The predicted molar refractivity (Wildman–Crippen MR) is 74.6 cm³/mol. The summed E-state index contributed by atoms with van der Waals surface area (Å²) in [4.78, 5) is 0. The first-order chi connectivity index (χ1) is 8.22. The maximum Gasteiger partial charge on any atom is 0.0438 e. The van der Waals surface area contributed by atoms with Crippen LogP contribution in [-0.4, -0.2) is 6.54 Å². The van der Waals surface area contributed by atoms with Crippen LogP contribution in [0, 0.1) is 12.8 Å². The molecule has 1 saturated carbocycles. The van der Waals surface area contributed by atoms with Gasteiger partial charge in [0.05, 0.1) is 0 Å². The average Bonchev–Trinajstić information content (AvgIpc) is 3.12. The quantitative estimate of drug-likeness (QED) is 0.786. The van der Waals surface area contributed by atoms with Crippen molar-refractivity contribution in [3.8, 4) is 0 Å². The Morgan fingerprint density at radius 1 is 1.41 bits per heavy atom. The Balaban J connectivity index is 2.09. The Labute approximate surface area is 110 Å². The van der Waals surface area contributed by atoms with E-state index in [1.54, 1.807) is 0 Å². The minimum absolute atomic E-state index is 0.472. The summed E-state index contributed by atoms with van der Waals surface area (Å²) in [6.45, 7) is 5.31. The fourth-order valence-corrected chi connectivity index (χ4v) is 2.61. The highest BCUT2D eigenvalue weighted by atomic mass is 35.5. The van der Waals surface area contributed by atoms with Gasteiger partial charge in [-0.25, -0.2) is 0 Å². The van der Waals surface area contributed by atoms with E-state index in [0.717, 1.165) is 17.5 Å². The van der Waals surface area contributed by atoms with Crippen LogP contribution in [0.25, 0.3) is 0 Å². The third kappa shape index (κ3) is 3.46. The van der Waals surface area contributed by atoms with Crippen LogP contribution in [0.1, 0.15) is 49.8 Å². The minimum atomic E-state index is 0.472. The van der Waals surface area contributed by atoms with Crippen molar-refractivity contribution in [2.24, 2.45) is 5.92 Å². The van der Waals surface area contributed by atoms with Crippen molar-refractivity contribution < 1.29 is 0 Å². The first-order valence-electron chi connectivity index (χ1n) is 6.70. The van der Waals surface area contributed by atoms with Crippen molar-refractivity contribution in [2.75, 3.05) is 6.54 Å². The molecule has 1 unspecified atom stereocenters. The summed E-state index contributed by atoms with van der Waals surface area (Å²) in [5, 5.41) is 4.48. The average molecular weight is 252 g/mol. The Morgan fingerprint density at radius 2 is 2.18 bits per heavy atom. The monoisotopic (exact) mass is 251 g/mol. The van der Waals surface area contributed by atoms with E-state index in [1.165, 1.54) is 36.8 Å². The van der Waals surface area contributed by atoms with E-state index in [-0.39, 0.29) is 0 Å². The first kappa shape index (κ1) is 12.9. The van der Waals surface area contributed by atoms with Gasteiger partial charge in [-0.05, 0) is 49.4 Å². The number of hydrogen-bond acceptors (Lipinski definition) is 1. The van der Waals surface area contributed by atoms with Gasteiger partial charge in [-0.2, -0.15) is 0 Å². The second-order valence-corrected chi connectivity index (χ2v) is 5.49. The molecule has 0 amide bonds. The highest BCUT2D eigenvalue weighted by Crippen LogP contribution is 2.36. The van der Waals surface area contributed by atoms with Crippen LogP contribution < -0.4 is 5.32 Å². The summed E-state index contributed by atoms with van der Waals surface area (Å²) in [5.41, 5.74) is 2.61. The van der Waals surface area contributed by atoms with Gasteiger partial charge < -0.3 is 5.32 Å². The van der Waals surface area contributed by atoms with E-state index in [1.807, 2.05) is 6.07 Å². The van der Waals surface area contributed by atoms with Crippen LogP contribution >= 0.6 is 11.6 Å². The van der Waals surface area contributed by atoms with Crippen LogP contribution in [0.3, 0.4) is 0 Å². The number of hydrogen-bond donors (Lipinski definition) is 1. The standard InChI is InChI=1S/C15H22ClN/c1-3-17-15(10-9-12-7-8-12)13-5-4-6-14(16)11(13)2/h4-6,12,15,17H,3,7-10H2,1-2H3. The Morgan fingerprint density at radius 3 is 2.82 bits per heavy atom. The molecule has 0 aliphatic heterocycles. The lowest BCUT2D eigenvalue weighted by molar-refractivity contribution is 0.480.